The third-order valence-electron chi connectivity index (χ3n) is 5.25. The summed E-state index contributed by atoms with van der Waals surface area (Å²) in [7, 11) is -1.46. The van der Waals surface area contributed by atoms with Crippen LogP contribution >= 0.6 is 11.6 Å². The van der Waals surface area contributed by atoms with Crippen molar-refractivity contribution in [2.24, 2.45) is 0 Å². The molecule has 144 valence electrons. The fourth-order valence-electron chi connectivity index (χ4n) is 3.59. The average molecular weight is 401 g/mol. The van der Waals surface area contributed by atoms with Crippen LogP contribution in [-0.2, 0) is 10.0 Å². The number of benzene rings is 1. The summed E-state index contributed by atoms with van der Waals surface area (Å²) in [6.07, 6.45) is 3.74. The lowest BCUT2D eigenvalue weighted by Gasteiger charge is -2.26. The molecule has 2 fully saturated rings. The second-order valence-corrected chi connectivity index (χ2v) is 9.55. The number of nitrogens with zero attached hydrogens (tertiary/aromatic N) is 2. The zero-order chi connectivity index (χ0) is 18.7. The van der Waals surface area contributed by atoms with Gasteiger partial charge in [0.05, 0.1) is 42.2 Å². The monoisotopic (exact) mass is 400 g/mol. The van der Waals surface area contributed by atoms with Gasteiger partial charge in [-0.25, -0.2) is 8.42 Å². The van der Waals surface area contributed by atoms with Gasteiger partial charge in [-0.2, -0.15) is 4.31 Å². The summed E-state index contributed by atoms with van der Waals surface area (Å²) >= 11 is 6.25. The number of carbonyl (C=O) groups excluding carboxylic acids is 1. The first-order valence-corrected chi connectivity index (χ1v) is 11.1. The van der Waals surface area contributed by atoms with E-state index in [4.69, 9.17) is 11.6 Å². The zero-order valence-corrected chi connectivity index (χ0v) is 16.8. The summed E-state index contributed by atoms with van der Waals surface area (Å²) in [5.74, 6) is -0.180. The first-order chi connectivity index (χ1) is 12.4. The van der Waals surface area contributed by atoms with Crippen LogP contribution in [0.1, 0.15) is 36.0 Å². The number of hydrogen-bond donors (Lipinski definition) is 1. The van der Waals surface area contributed by atoms with E-state index in [-0.39, 0.29) is 16.4 Å². The van der Waals surface area contributed by atoms with Crippen LogP contribution in [0.4, 0.5) is 0 Å². The summed E-state index contributed by atoms with van der Waals surface area (Å²) in [5, 5.41) is 0.303. The Labute approximate surface area is 160 Å². The Morgan fingerprint density at radius 2 is 1.77 bits per heavy atom. The first-order valence-electron chi connectivity index (χ1n) is 9.30. The van der Waals surface area contributed by atoms with Crippen LogP contribution in [0.2, 0.25) is 5.02 Å². The number of amides is 1. The van der Waals surface area contributed by atoms with Crippen LogP contribution in [0.5, 0.6) is 0 Å². The van der Waals surface area contributed by atoms with Crippen molar-refractivity contribution in [1.82, 2.24) is 9.21 Å². The number of piperidine rings is 1. The minimum Gasteiger partial charge on any atom is -0.336 e. The van der Waals surface area contributed by atoms with Crippen molar-refractivity contribution >= 4 is 27.5 Å². The van der Waals surface area contributed by atoms with Gasteiger partial charge >= 0.3 is 0 Å². The van der Waals surface area contributed by atoms with Gasteiger partial charge in [-0.05, 0) is 31.0 Å². The molecule has 0 saturated carbocycles. The Bertz CT molecular complexity index is 763. The molecule has 26 heavy (non-hydrogen) atoms. The predicted octanol–water partition coefficient (Wildman–Crippen LogP) is 0.875. The smallest absolute Gasteiger partial charge is 0.255 e. The Balaban J connectivity index is 1.86. The van der Waals surface area contributed by atoms with Gasteiger partial charge in [-0.15, -0.1) is 0 Å². The normalized spacial score (nSPS) is 22.8. The maximum absolute atomic E-state index is 13.0. The molecule has 0 spiro atoms. The highest BCUT2D eigenvalue weighted by atomic mass is 35.5. The zero-order valence-electron chi connectivity index (χ0n) is 15.2. The van der Waals surface area contributed by atoms with E-state index in [0.717, 1.165) is 38.8 Å². The van der Waals surface area contributed by atoms with E-state index in [2.05, 4.69) is 7.05 Å². The molecule has 2 saturated heterocycles. The molecule has 1 N–H and O–H groups in total. The molecule has 3 rings (SSSR count). The largest absolute Gasteiger partial charge is 0.336 e. The van der Waals surface area contributed by atoms with E-state index in [1.54, 1.807) is 4.90 Å². The van der Waals surface area contributed by atoms with E-state index in [9.17, 15) is 13.2 Å². The lowest BCUT2D eigenvalue weighted by molar-refractivity contribution is -0.877. The van der Waals surface area contributed by atoms with E-state index in [1.807, 2.05) is 0 Å². The molecular formula is C18H27ClN3O3S+. The quantitative estimate of drug-likeness (QED) is 0.819. The Hall–Kier alpha value is -1.15. The standard InChI is InChI=1S/C18H26ClN3O3S/c1-20-8-5-9-21(13-12-20)18(23)16-14-15(6-7-17(16)19)26(24,25)22-10-3-2-4-11-22/h6-7,14H,2-5,8-13H2,1H3/p+1. The summed E-state index contributed by atoms with van der Waals surface area (Å²) in [5.41, 5.74) is 0.282. The molecule has 6 nitrogen and oxygen atoms in total. The molecule has 1 aromatic carbocycles. The average Bonchev–Trinajstić information content (AvgIpc) is 2.86. The van der Waals surface area contributed by atoms with Crippen LogP contribution in [-0.4, -0.2) is 69.8 Å². The second kappa shape index (κ2) is 8.25. The second-order valence-electron chi connectivity index (χ2n) is 7.21. The van der Waals surface area contributed by atoms with E-state index < -0.39 is 10.0 Å². The molecule has 0 aromatic heterocycles. The van der Waals surface area contributed by atoms with Crippen molar-refractivity contribution in [1.29, 1.82) is 0 Å². The van der Waals surface area contributed by atoms with Gasteiger partial charge in [0.15, 0.2) is 0 Å². The van der Waals surface area contributed by atoms with E-state index in [0.29, 0.717) is 31.2 Å². The van der Waals surface area contributed by atoms with Gasteiger partial charge in [0.25, 0.3) is 5.91 Å². The molecule has 2 aliphatic heterocycles. The number of carbonyl (C=O) groups is 1. The van der Waals surface area contributed by atoms with Gasteiger partial charge in [0.1, 0.15) is 0 Å². The van der Waals surface area contributed by atoms with Crippen LogP contribution < -0.4 is 4.90 Å². The number of rotatable bonds is 3. The topological polar surface area (TPSA) is 62.1 Å². The third-order valence-corrected chi connectivity index (χ3v) is 7.47. The van der Waals surface area contributed by atoms with Crippen molar-refractivity contribution in [2.75, 3.05) is 46.3 Å². The molecular weight excluding hydrogens is 374 g/mol. The number of hydrogen-bond acceptors (Lipinski definition) is 3. The maximum Gasteiger partial charge on any atom is 0.255 e. The van der Waals surface area contributed by atoms with Crippen molar-refractivity contribution in [3.8, 4) is 0 Å². The highest BCUT2D eigenvalue weighted by Crippen LogP contribution is 2.26. The minimum atomic E-state index is -3.58. The Morgan fingerprint density at radius 3 is 2.50 bits per heavy atom. The summed E-state index contributed by atoms with van der Waals surface area (Å²) in [6, 6.07) is 4.49. The molecule has 0 bridgehead atoms. The van der Waals surface area contributed by atoms with Crippen molar-refractivity contribution in [3.05, 3.63) is 28.8 Å². The van der Waals surface area contributed by atoms with Crippen LogP contribution in [0.15, 0.2) is 23.1 Å². The van der Waals surface area contributed by atoms with Gasteiger partial charge < -0.3 is 9.80 Å². The molecule has 2 aliphatic rings. The molecule has 8 heteroatoms. The van der Waals surface area contributed by atoms with Crippen molar-refractivity contribution in [2.45, 2.75) is 30.6 Å². The Morgan fingerprint density at radius 1 is 1.04 bits per heavy atom. The molecule has 0 radical (unpaired) electrons. The van der Waals surface area contributed by atoms with Crippen molar-refractivity contribution in [3.63, 3.8) is 0 Å². The molecule has 2 heterocycles. The molecule has 1 atom stereocenters. The lowest BCUT2D eigenvalue weighted by atomic mass is 10.2. The van der Waals surface area contributed by atoms with Crippen LogP contribution in [0.25, 0.3) is 0 Å². The van der Waals surface area contributed by atoms with Crippen LogP contribution in [0, 0.1) is 0 Å². The van der Waals surface area contributed by atoms with E-state index >= 15 is 0 Å². The van der Waals surface area contributed by atoms with Gasteiger partial charge in [0, 0.05) is 26.1 Å². The minimum absolute atomic E-state index is 0.157. The number of sulfonamides is 1. The fraction of sp³-hybridized carbons (Fsp3) is 0.611. The molecule has 1 amide bonds. The van der Waals surface area contributed by atoms with Gasteiger partial charge in [-0.3, -0.25) is 4.79 Å². The predicted molar refractivity (Wildman–Crippen MR) is 101 cm³/mol. The van der Waals surface area contributed by atoms with Gasteiger partial charge in [0.2, 0.25) is 10.0 Å². The number of likely N-dealkylation sites (N-methyl/N-ethyl adjacent to an activating group) is 1. The number of quaternary nitrogens is 1. The highest BCUT2D eigenvalue weighted by Gasteiger charge is 2.28. The van der Waals surface area contributed by atoms with Gasteiger partial charge in [-0.1, -0.05) is 18.0 Å². The molecule has 0 aliphatic carbocycles. The summed E-state index contributed by atoms with van der Waals surface area (Å²) in [6.45, 7) is 4.32. The molecule has 1 aromatic rings. The first kappa shape index (κ1) is 19.6. The van der Waals surface area contributed by atoms with Crippen molar-refractivity contribution < 1.29 is 18.1 Å². The maximum atomic E-state index is 13.0. The summed E-state index contributed by atoms with van der Waals surface area (Å²) in [4.78, 5) is 16.3. The highest BCUT2D eigenvalue weighted by molar-refractivity contribution is 7.89. The molecule has 1 unspecified atom stereocenters. The Kier molecular flexibility index (Phi) is 6.22. The third kappa shape index (κ3) is 4.22. The number of nitrogens with one attached hydrogen (secondary N) is 1. The van der Waals surface area contributed by atoms with E-state index in [1.165, 1.54) is 27.4 Å². The SMILES string of the molecule is C[NH+]1CCCN(C(=O)c2cc(S(=O)(=O)N3CCCCC3)ccc2Cl)CC1. The van der Waals surface area contributed by atoms with Crippen LogP contribution in [0.3, 0.4) is 0 Å². The lowest BCUT2D eigenvalue weighted by Crippen LogP contribution is -3.09. The summed E-state index contributed by atoms with van der Waals surface area (Å²) < 4.78 is 27.3. The fourth-order valence-corrected chi connectivity index (χ4v) is 5.33. The number of halogens is 1.